The first kappa shape index (κ1) is 10.8. The number of nitriles is 1. The first-order chi connectivity index (χ1) is 8.24. The van der Waals surface area contributed by atoms with Gasteiger partial charge in [0, 0.05) is 0 Å². The average Bonchev–Trinajstić information content (AvgIpc) is 2.87. The van der Waals surface area contributed by atoms with Crippen LogP contribution in [0.3, 0.4) is 0 Å². The molecule has 0 atom stereocenters. The van der Waals surface area contributed by atoms with Crippen LogP contribution in [0.2, 0.25) is 0 Å². The maximum absolute atomic E-state index is 11.2. The maximum Gasteiger partial charge on any atom is 0.337 e. The number of aromatic nitrogens is 4. The van der Waals surface area contributed by atoms with Crippen molar-refractivity contribution in [3.8, 4) is 11.8 Å². The molecular formula is C10H7N5O2. The molecule has 0 fully saturated rings. The quantitative estimate of drug-likeness (QED) is 0.688. The van der Waals surface area contributed by atoms with Gasteiger partial charge in [0.2, 0.25) is 0 Å². The van der Waals surface area contributed by atoms with Crippen LogP contribution in [0.25, 0.3) is 5.69 Å². The first-order valence-corrected chi connectivity index (χ1v) is 4.63. The fourth-order valence-corrected chi connectivity index (χ4v) is 1.22. The molecule has 0 saturated carbocycles. The number of methoxy groups -OCH3 is 1. The first-order valence-electron chi connectivity index (χ1n) is 4.63. The van der Waals surface area contributed by atoms with Crippen molar-refractivity contribution < 1.29 is 9.53 Å². The molecule has 1 aromatic heterocycles. The van der Waals surface area contributed by atoms with Crippen molar-refractivity contribution in [3.05, 3.63) is 35.7 Å². The minimum absolute atomic E-state index is 0.0120. The average molecular weight is 229 g/mol. The molecule has 0 aliphatic heterocycles. The fraction of sp³-hybridized carbons (Fsp3) is 0.100. The topological polar surface area (TPSA) is 93.7 Å². The zero-order valence-corrected chi connectivity index (χ0v) is 8.86. The summed E-state index contributed by atoms with van der Waals surface area (Å²) in [6.07, 6.45) is 0. The van der Waals surface area contributed by atoms with E-state index in [1.807, 2.05) is 0 Å². The Bertz CT molecular complexity index is 581. The monoisotopic (exact) mass is 229 g/mol. The number of nitrogens with zero attached hydrogens (tertiary/aromatic N) is 5. The predicted octanol–water partition coefficient (Wildman–Crippen LogP) is 0.321. The second-order valence-electron chi connectivity index (χ2n) is 3.05. The Balaban J connectivity index is 2.29. The zero-order chi connectivity index (χ0) is 12.3. The van der Waals surface area contributed by atoms with Crippen molar-refractivity contribution >= 4 is 5.97 Å². The summed E-state index contributed by atoms with van der Waals surface area (Å²) in [6.45, 7) is 0. The zero-order valence-electron chi connectivity index (χ0n) is 8.86. The molecular weight excluding hydrogens is 222 g/mol. The number of carbonyl (C=O) groups excluding carboxylic acids is 1. The van der Waals surface area contributed by atoms with E-state index in [0.717, 1.165) is 0 Å². The molecule has 2 rings (SSSR count). The summed E-state index contributed by atoms with van der Waals surface area (Å²) in [4.78, 5) is 12.4. The second kappa shape index (κ2) is 4.40. The van der Waals surface area contributed by atoms with Crippen LogP contribution < -0.4 is 0 Å². The van der Waals surface area contributed by atoms with Gasteiger partial charge >= 0.3 is 5.97 Å². The van der Waals surface area contributed by atoms with Crippen molar-refractivity contribution in [2.24, 2.45) is 0 Å². The maximum atomic E-state index is 11.2. The second-order valence-corrected chi connectivity index (χ2v) is 3.05. The number of carbonyl (C=O) groups is 1. The van der Waals surface area contributed by atoms with E-state index >= 15 is 0 Å². The number of hydrogen-bond acceptors (Lipinski definition) is 6. The smallest absolute Gasteiger partial charge is 0.337 e. The van der Waals surface area contributed by atoms with E-state index < -0.39 is 5.97 Å². The molecule has 7 nitrogen and oxygen atoms in total. The van der Waals surface area contributed by atoms with Gasteiger partial charge in [-0.15, -0.1) is 9.90 Å². The molecule has 0 radical (unpaired) electrons. The molecule has 0 spiro atoms. The van der Waals surface area contributed by atoms with Crippen molar-refractivity contribution in [2.75, 3.05) is 7.11 Å². The van der Waals surface area contributed by atoms with E-state index in [0.29, 0.717) is 11.3 Å². The van der Waals surface area contributed by atoms with Crippen LogP contribution in [-0.4, -0.2) is 33.3 Å². The predicted molar refractivity (Wildman–Crippen MR) is 55.2 cm³/mol. The highest BCUT2D eigenvalue weighted by Crippen LogP contribution is 2.08. The molecule has 0 bridgehead atoms. The van der Waals surface area contributed by atoms with Gasteiger partial charge in [-0.3, -0.25) is 0 Å². The number of ether oxygens (including phenoxy) is 1. The summed E-state index contributed by atoms with van der Waals surface area (Å²) in [6, 6.07) is 8.20. The summed E-state index contributed by atoms with van der Waals surface area (Å²) >= 11 is 0. The largest absolute Gasteiger partial charge is 0.465 e. The van der Waals surface area contributed by atoms with Crippen molar-refractivity contribution in [3.63, 3.8) is 0 Å². The van der Waals surface area contributed by atoms with Crippen LogP contribution in [0.5, 0.6) is 0 Å². The van der Waals surface area contributed by atoms with Crippen LogP contribution in [0.4, 0.5) is 0 Å². The Morgan fingerprint density at radius 2 is 2.12 bits per heavy atom. The van der Waals surface area contributed by atoms with Gasteiger partial charge in [-0.2, -0.15) is 5.26 Å². The molecule has 1 aromatic carbocycles. The summed E-state index contributed by atoms with van der Waals surface area (Å²) in [5, 5.41) is 19.6. The number of hydrogen-bond donors (Lipinski definition) is 0. The molecule has 2 aromatic rings. The Morgan fingerprint density at radius 1 is 1.41 bits per heavy atom. The van der Waals surface area contributed by atoms with Crippen molar-refractivity contribution in [1.82, 2.24) is 20.2 Å². The van der Waals surface area contributed by atoms with E-state index in [2.05, 4.69) is 20.1 Å². The summed E-state index contributed by atoms with van der Waals surface area (Å²) in [5.41, 5.74) is 1.03. The molecule has 0 unspecified atom stereocenters. The van der Waals surface area contributed by atoms with E-state index in [1.165, 1.54) is 11.9 Å². The third-order valence-corrected chi connectivity index (χ3v) is 2.03. The minimum Gasteiger partial charge on any atom is -0.465 e. The molecule has 7 heteroatoms. The molecule has 0 saturated heterocycles. The van der Waals surface area contributed by atoms with Crippen LogP contribution in [-0.2, 0) is 4.74 Å². The lowest BCUT2D eigenvalue weighted by molar-refractivity contribution is 0.0601. The Hall–Kier alpha value is -2.75. The molecule has 84 valence electrons. The lowest BCUT2D eigenvalue weighted by Gasteiger charge is -2.00. The Labute approximate surface area is 96.2 Å². The standard InChI is InChI=1S/C10H7N5O2/c1-17-10(16)7-2-4-8(5-3-7)15-13-9(6-11)12-14-15/h2-5H,1H3. The van der Waals surface area contributed by atoms with Gasteiger partial charge in [0.05, 0.1) is 18.4 Å². The number of tetrazole rings is 1. The molecule has 0 aliphatic rings. The van der Waals surface area contributed by atoms with Crippen LogP contribution in [0.15, 0.2) is 24.3 Å². The summed E-state index contributed by atoms with van der Waals surface area (Å²) < 4.78 is 4.57. The highest BCUT2D eigenvalue weighted by atomic mass is 16.5. The molecule has 0 amide bonds. The van der Waals surface area contributed by atoms with Gasteiger partial charge in [0.15, 0.2) is 0 Å². The van der Waals surface area contributed by atoms with Crippen molar-refractivity contribution in [1.29, 1.82) is 5.26 Å². The Morgan fingerprint density at radius 3 is 2.65 bits per heavy atom. The van der Waals surface area contributed by atoms with Gasteiger partial charge in [-0.25, -0.2) is 4.79 Å². The van der Waals surface area contributed by atoms with E-state index in [1.54, 1.807) is 30.3 Å². The summed E-state index contributed by atoms with van der Waals surface area (Å²) in [5.74, 6) is -0.428. The highest BCUT2D eigenvalue weighted by molar-refractivity contribution is 5.89. The van der Waals surface area contributed by atoms with E-state index in [-0.39, 0.29) is 5.82 Å². The van der Waals surface area contributed by atoms with Gasteiger partial charge < -0.3 is 4.74 Å². The van der Waals surface area contributed by atoms with E-state index in [9.17, 15) is 4.79 Å². The Kier molecular flexibility index (Phi) is 2.79. The van der Waals surface area contributed by atoms with Crippen LogP contribution >= 0.6 is 0 Å². The third-order valence-electron chi connectivity index (χ3n) is 2.03. The molecule has 0 aliphatic carbocycles. The number of benzene rings is 1. The fourth-order valence-electron chi connectivity index (χ4n) is 1.22. The van der Waals surface area contributed by atoms with E-state index in [4.69, 9.17) is 5.26 Å². The lowest BCUT2D eigenvalue weighted by atomic mass is 10.2. The van der Waals surface area contributed by atoms with Gasteiger partial charge in [0.25, 0.3) is 5.82 Å². The SMILES string of the molecule is COC(=O)c1ccc(-n2nnc(C#N)n2)cc1. The summed E-state index contributed by atoms with van der Waals surface area (Å²) in [7, 11) is 1.31. The normalized spacial score (nSPS) is 9.65. The molecule has 17 heavy (non-hydrogen) atoms. The van der Waals surface area contributed by atoms with Gasteiger partial charge in [-0.05, 0) is 29.5 Å². The van der Waals surface area contributed by atoms with Crippen molar-refractivity contribution in [2.45, 2.75) is 0 Å². The van der Waals surface area contributed by atoms with Gasteiger partial charge in [0.1, 0.15) is 6.07 Å². The molecule has 0 N–H and O–H groups in total. The molecule has 1 heterocycles. The van der Waals surface area contributed by atoms with Crippen LogP contribution in [0.1, 0.15) is 16.2 Å². The number of rotatable bonds is 2. The minimum atomic E-state index is -0.416. The number of esters is 1. The highest BCUT2D eigenvalue weighted by Gasteiger charge is 2.07. The van der Waals surface area contributed by atoms with Crippen LogP contribution in [0, 0.1) is 11.3 Å². The lowest BCUT2D eigenvalue weighted by Crippen LogP contribution is -2.03. The third kappa shape index (κ3) is 2.10. The van der Waals surface area contributed by atoms with Gasteiger partial charge in [-0.1, -0.05) is 5.10 Å².